The van der Waals surface area contributed by atoms with Gasteiger partial charge in [-0.05, 0) is 25.3 Å². The third-order valence-electron chi connectivity index (χ3n) is 3.56. The molecule has 1 aliphatic heterocycles. The zero-order valence-electron chi connectivity index (χ0n) is 8.99. The predicted octanol–water partition coefficient (Wildman–Crippen LogP) is 1.32. The standard InChI is InChI=1S/C12H12O4/c1-5(2)11(13)15-9-6-3-7-8(4-6)12(14)16-10(7)9/h7-8,10H,1,3-4H2,2H3. The number of rotatable bonds is 2. The van der Waals surface area contributed by atoms with Crippen molar-refractivity contribution in [3.8, 4) is 0 Å². The third-order valence-corrected chi connectivity index (χ3v) is 3.56. The quantitative estimate of drug-likeness (QED) is 0.520. The molecule has 0 radical (unpaired) electrons. The topological polar surface area (TPSA) is 52.6 Å². The average Bonchev–Trinajstić information content (AvgIpc) is 2.81. The lowest BCUT2D eigenvalue weighted by molar-refractivity contribution is -0.146. The molecule has 2 aliphatic carbocycles. The van der Waals surface area contributed by atoms with Crippen molar-refractivity contribution >= 4 is 11.9 Å². The van der Waals surface area contributed by atoms with E-state index < -0.39 is 5.97 Å². The van der Waals surface area contributed by atoms with E-state index >= 15 is 0 Å². The molecule has 0 amide bonds. The molecule has 0 spiro atoms. The highest BCUT2D eigenvalue weighted by molar-refractivity contribution is 5.88. The molecule has 1 heterocycles. The second-order valence-corrected chi connectivity index (χ2v) is 4.67. The SMILES string of the molecule is C=C(C)C(=O)OC1=C2CC3C(=O)OC1C3C2. The maximum Gasteiger partial charge on any atom is 0.338 e. The van der Waals surface area contributed by atoms with Gasteiger partial charge in [0.05, 0.1) is 5.92 Å². The van der Waals surface area contributed by atoms with Crippen LogP contribution in [0.15, 0.2) is 23.5 Å². The van der Waals surface area contributed by atoms with Crippen LogP contribution in [0.2, 0.25) is 0 Å². The van der Waals surface area contributed by atoms with Gasteiger partial charge in [0.1, 0.15) is 5.76 Å². The van der Waals surface area contributed by atoms with Crippen LogP contribution in [-0.2, 0) is 19.1 Å². The summed E-state index contributed by atoms with van der Waals surface area (Å²) >= 11 is 0. The molecule has 0 N–H and O–H groups in total. The molecule has 2 bridgehead atoms. The van der Waals surface area contributed by atoms with Crippen molar-refractivity contribution in [2.24, 2.45) is 11.8 Å². The largest absolute Gasteiger partial charge is 0.454 e. The molecule has 3 aliphatic rings. The van der Waals surface area contributed by atoms with Crippen LogP contribution in [0.4, 0.5) is 0 Å². The van der Waals surface area contributed by atoms with Crippen LogP contribution >= 0.6 is 0 Å². The van der Waals surface area contributed by atoms with Crippen molar-refractivity contribution in [1.29, 1.82) is 0 Å². The molecule has 0 aromatic carbocycles. The molecule has 1 saturated heterocycles. The summed E-state index contributed by atoms with van der Waals surface area (Å²) in [6, 6.07) is 0. The molecule has 0 aromatic rings. The molecule has 3 atom stereocenters. The van der Waals surface area contributed by atoms with Gasteiger partial charge in [-0.25, -0.2) is 4.79 Å². The molecule has 84 valence electrons. The number of hydrogen-bond donors (Lipinski definition) is 0. The molecular formula is C12H12O4. The Morgan fingerprint density at radius 1 is 1.50 bits per heavy atom. The Morgan fingerprint density at radius 3 is 2.94 bits per heavy atom. The smallest absolute Gasteiger partial charge is 0.338 e. The fourth-order valence-corrected chi connectivity index (χ4v) is 2.77. The summed E-state index contributed by atoms with van der Waals surface area (Å²) < 4.78 is 10.5. The maximum atomic E-state index is 11.5. The molecule has 0 aromatic heterocycles. The minimum absolute atomic E-state index is 0.00674. The Morgan fingerprint density at radius 2 is 2.25 bits per heavy atom. The van der Waals surface area contributed by atoms with Crippen LogP contribution in [0.5, 0.6) is 0 Å². The van der Waals surface area contributed by atoms with Gasteiger partial charge < -0.3 is 9.47 Å². The lowest BCUT2D eigenvalue weighted by Crippen LogP contribution is -2.21. The van der Waals surface area contributed by atoms with E-state index in [0.29, 0.717) is 17.8 Å². The molecule has 16 heavy (non-hydrogen) atoms. The second kappa shape index (κ2) is 2.97. The highest BCUT2D eigenvalue weighted by atomic mass is 16.6. The number of fused-ring (bicyclic) bond motifs is 1. The van der Waals surface area contributed by atoms with Crippen molar-refractivity contribution in [1.82, 2.24) is 0 Å². The average molecular weight is 220 g/mol. The first kappa shape index (κ1) is 9.63. The van der Waals surface area contributed by atoms with E-state index in [1.165, 1.54) is 0 Å². The zero-order valence-corrected chi connectivity index (χ0v) is 8.99. The molecule has 4 heteroatoms. The molecular weight excluding hydrogens is 208 g/mol. The van der Waals surface area contributed by atoms with Crippen molar-refractivity contribution in [3.63, 3.8) is 0 Å². The first-order chi connectivity index (χ1) is 7.58. The van der Waals surface area contributed by atoms with Crippen LogP contribution in [0.3, 0.4) is 0 Å². The van der Waals surface area contributed by atoms with E-state index in [0.717, 1.165) is 12.0 Å². The van der Waals surface area contributed by atoms with Gasteiger partial charge in [0.2, 0.25) is 0 Å². The highest BCUT2D eigenvalue weighted by Crippen LogP contribution is 2.54. The van der Waals surface area contributed by atoms with Crippen molar-refractivity contribution in [2.45, 2.75) is 25.9 Å². The summed E-state index contributed by atoms with van der Waals surface area (Å²) in [6.07, 6.45) is 1.21. The summed E-state index contributed by atoms with van der Waals surface area (Å²) in [6.45, 7) is 5.13. The number of esters is 2. The van der Waals surface area contributed by atoms with E-state index in [9.17, 15) is 9.59 Å². The number of allylic oxidation sites excluding steroid dienone is 1. The number of ether oxygens (including phenoxy) is 2. The van der Waals surface area contributed by atoms with Crippen LogP contribution < -0.4 is 0 Å². The van der Waals surface area contributed by atoms with Crippen LogP contribution in [-0.4, -0.2) is 18.0 Å². The summed E-state index contributed by atoms with van der Waals surface area (Å²) in [5.74, 6) is 0.198. The minimum Gasteiger partial charge on any atom is -0.454 e. The van der Waals surface area contributed by atoms with E-state index in [4.69, 9.17) is 9.47 Å². The highest BCUT2D eigenvalue weighted by Gasteiger charge is 2.57. The minimum atomic E-state index is -0.436. The summed E-state index contributed by atoms with van der Waals surface area (Å²) in [4.78, 5) is 22.9. The van der Waals surface area contributed by atoms with Gasteiger partial charge in [0.25, 0.3) is 0 Å². The van der Waals surface area contributed by atoms with Crippen LogP contribution in [0, 0.1) is 11.8 Å². The van der Waals surface area contributed by atoms with Gasteiger partial charge in [-0.1, -0.05) is 6.58 Å². The zero-order chi connectivity index (χ0) is 11.4. The maximum absolute atomic E-state index is 11.5. The normalized spacial score (nSPS) is 34.3. The lowest BCUT2D eigenvalue weighted by atomic mass is 9.92. The number of hydrogen-bond acceptors (Lipinski definition) is 4. The van der Waals surface area contributed by atoms with Crippen molar-refractivity contribution in [2.75, 3.05) is 0 Å². The first-order valence-corrected chi connectivity index (χ1v) is 5.38. The van der Waals surface area contributed by atoms with Gasteiger partial charge in [-0.3, -0.25) is 4.79 Å². The van der Waals surface area contributed by atoms with Crippen molar-refractivity contribution in [3.05, 3.63) is 23.5 Å². The summed E-state index contributed by atoms with van der Waals surface area (Å²) in [5.41, 5.74) is 1.43. The van der Waals surface area contributed by atoms with Gasteiger partial charge in [-0.2, -0.15) is 0 Å². The van der Waals surface area contributed by atoms with Gasteiger partial charge >= 0.3 is 11.9 Å². The Balaban J connectivity index is 1.86. The van der Waals surface area contributed by atoms with Gasteiger partial charge in [-0.15, -0.1) is 0 Å². The van der Waals surface area contributed by atoms with E-state index in [1.54, 1.807) is 6.92 Å². The van der Waals surface area contributed by atoms with E-state index in [1.807, 2.05) is 0 Å². The monoisotopic (exact) mass is 220 g/mol. The summed E-state index contributed by atoms with van der Waals surface area (Å²) in [7, 11) is 0. The summed E-state index contributed by atoms with van der Waals surface area (Å²) in [5, 5.41) is 0. The van der Waals surface area contributed by atoms with Crippen molar-refractivity contribution < 1.29 is 19.1 Å². The second-order valence-electron chi connectivity index (χ2n) is 4.67. The Hall–Kier alpha value is -1.58. The van der Waals surface area contributed by atoms with Gasteiger partial charge in [0, 0.05) is 11.5 Å². The first-order valence-electron chi connectivity index (χ1n) is 5.38. The van der Waals surface area contributed by atoms with E-state index in [2.05, 4.69) is 6.58 Å². The van der Waals surface area contributed by atoms with E-state index in [-0.39, 0.29) is 23.9 Å². The number of carbonyl (C=O) groups is 2. The molecule has 1 saturated carbocycles. The third kappa shape index (κ3) is 1.10. The fraction of sp³-hybridized carbons (Fsp3) is 0.500. The van der Waals surface area contributed by atoms with Gasteiger partial charge in [0.15, 0.2) is 6.10 Å². The number of carbonyl (C=O) groups excluding carboxylic acids is 2. The van der Waals surface area contributed by atoms with Crippen LogP contribution in [0.1, 0.15) is 19.8 Å². The molecule has 3 unspecified atom stereocenters. The Kier molecular flexibility index (Phi) is 1.79. The Bertz CT molecular complexity index is 446. The van der Waals surface area contributed by atoms with Crippen LogP contribution in [0.25, 0.3) is 0 Å². The predicted molar refractivity (Wildman–Crippen MR) is 54.0 cm³/mol. The fourth-order valence-electron chi connectivity index (χ4n) is 2.77. The lowest BCUT2D eigenvalue weighted by Gasteiger charge is -2.16. The molecule has 4 nitrogen and oxygen atoms in total. The molecule has 2 fully saturated rings. The Labute approximate surface area is 92.9 Å². The molecule has 3 rings (SSSR count).